The van der Waals surface area contributed by atoms with Gasteiger partial charge in [0.2, 0.25) is 10.0 Å². The van der Waals surface area contributed by atoms with Crippen molar-refractivity contribution in [1.29, 1.82) is 5.26 Å². The molecular formula is C19H22F2N4O5S2. The van der Waals surface area contributed by atoms with Crippen molar-refractivity contribution in [3.63, 3.8) is 0 Å². The third kappa shape index (κ3) is 8.12. The highest BCUT2D eigenvalue weighted by molar-refractivity contribution is 7.92. The topological polar surface area (TPSA) is 152 Å². The first-order chi connectivity index (χ1) is 15.0. The maximum atomic E-state index is 13.6. The minimum atomic E-state index is -3.60. The molecular weight excluding hydrogens is 466 g/mol. The SMILES string of the molecule is CS(=O)(=O)Nc1nc(C(=O)NC(Cc2cc(F)cc(F)c2)C(O)C(O)CCCC#N)cs1. The summed E-state index contributed by atoms with van der Waals surface area (Å²) in [6, 6.07) is 3.50. The molecule has 13 heteroatoms. The lowest BCUT2D eigenvalue weighted by Gasteiger charge is -2.27. The molecule has 0 aliphatic carbocycles. The zero-order chi connectivity index (χ0) is 23.9. The van der Waals surface area contributed by atoms with Crippen LogP contribution >= 0.6 is 11.3 Å². The molecule has 1 aromatic heterocycles. The average molecular weight is 489 g/mol. The van der Waals surface area contributed by atoms with E-state index in [1.54, 1.807) is 0 Å². The smallest absolute Gasteiger partial charge is 0.271 e. The number of amides is 1. The number of carbonyl (C=O) groups excluding carboxylic acids is 1. The van der Waals surface area contributed by atoms with Crippen molar-refractivity contribution < 1.29 is 32.2 Å². The number of hydrogen-bond donors (Lipinski definition) is 4. The fourth-order valence-corrected chi connectivity index (χ4v) is 4.44. The Bertz CT molecular complexity index is 1070. The van der Waals surface area contributed by atoms with Crippen LogP contribution in [0.3, 0.4) is 0 Å². The summed E-state index contributed by atoms with van der Waals surface area (Å²) in [6.07, 6.45) is -1.60. The number of aliphatic hydroxyl groups excluding tert-OH is 2. The van der Waals surface area contributed by atoms with Gasteiger partial charge in [-0.1, -0.05) is 0 Å². The molecule has 4 N–H and O–H groups in total. The first kappa shape index (κ1) is 25.6. The number of thiazole rings is 1. The number of nitrogens with one attached hydrogen (secondary N) is 2. The van der Waals surface area contributed by atoms with E-state index in [0.717, 1.165) is 29.7 Å². The number of nitrogens with zero attached hydrogens (tertiary/aromatic N) is 2. The number of hydrogen-bond acceptors (Lipinski definition) is 8. The van der Waals surface area contributed by atoms with E-state index in [2.05, 4.69) is 15.0 Å². The van der Waals surface area contributed by atoms with Gasteiger partial charge < -0.3 is 15.5 Å². The number of unbranched alkanes of at least 4 members (excludes halogenated alkanes) is 1. The number of carbonyl (C=O) groups is 1. The van der Waals surface area contributed by atoms with E-state index in [0.29, 0.717) is 12.5 Å². The average Bonchev–Trinajstić information content (AvgIpc) is 3.13. The van der Waals surface area contributed by atoms with Crippen molar-refractivity contribution >= 4 is 32.4 Å². The van der Waals surface area contributed by atoms with E-state index in [-0.39, 0.29) is 35.7 Å². The largest absolute Gasteiger partial charge is 0.390 e. The number of aliphatic hydroxyl groups is 2. The maximum Gasteiger partial charge on any atom is 0.271 e. The minimum absolute atomic E-state index is 0.0431. The lowest BCUT2D eigenvalue weighted by molar-refractivity contribution is -0.00793. The molecule has 9 nitrogen and oxygen atoms in total. The first-order valence-electron chi connectivity index (χ1n) is 9.40. The molecule has 2 aromatic rings. The van der Waals surface area contributed by atoms with Crippen LogP contribution < -0.4 is 10.0 Å². The van der Waals surface area contributed by atoms with Crippen LogP contribution in [0.5, 0.6) is 0 Å². The molecule has 2 rings (SSSR count). The molecule has 0 aliphatic rings. The Morgan fingerprint density at radius 2 is 1.94 bits per heavy atom. The molecule has 32 heavy (non-hydrogen) atoms. The zero-order valence-corrected chi connectivity index (χ0v) is 18.6. The summed E-state index contributed by atoms with van der Waals surface area (Å²) >= 11 is 0.864. The van der Waals surface area contributed by atoms with Crippen molar-refractivity contribution in [2.45, 2.75) is 43.9 Å². The van der Waals surface area contributed by atoms with Crippen LogP contribution in [0.4, 0.5) is 13.9 Å². The van der Waals surface area contributed by atoms with Crippen LogP contribution in [-0.4, -0.2) is 54.0 Å². The number of sulfonamides is 1. The fourth-order valence-electron chi connectivity index (χ4n) is 2.89. The monoisotopic (exact) mass is 488 g/mol. The normalized spacial score (nSPS) is 14.2. The summed E-state index contributed by atoms with van der Waals surface area (Å²) in [7, 11) is -3.60. The van der Waals surface area contributed by atoms with Crippen LogP contribution in [0.2, 0.25) is 0 Å². The summed E-state index contributed by atoms with van der Waals surface area (Å²) < 4.78 is 51.9. The Balaban J connectivity index is 2.21. The second-order valence-electron chi connectivity index (χ2n) is 7.08. The first-order valence-corrected chi connectivity index (χ1v) is 12.2. The van der Waals surface area contributed by atoms with Crippen molar-refractivity contribution in [2.75, 3.05) is 11.0 Å². The summed E-state index contributed by atoms with van der Waals surface area (Å²) in [5.74, 6) is -2.47. The second-order valence-corrected chi connectivity index (χ2v) is 9.69. The molecule has 0 bridgehead atoms. The van der Waals surface area contributed by atoms with Gasteiger partial charge in [-0.15, -0.1) is 11.3 Å². The van der Waals surface area contributed by atoms with Gasteiger partial charge in [0, 0.05) is 17.9 Å². The van der Waals surface area contributed by atoms with Gasteiger partial charge in [0.15, 0.2) is 5.13 Å². The molecule has 3 atom stereocenters. The van der Waals surface area contributed by atoms with E-state index in [4.69, 9.17) is 5.26 Å². The Kier molecular flexibility index (Phi) is 9.02. The van der Waals surface area contributed by atoms with Gasteiger partial charge in [-0.2, -0.15) is 5.26 Å². The summed E-state index contributed by atoms with van der Waals surface area (Å²) in [6.45, 7) is 0. The third-order valence-corrected chi connectivity index (χ3v) is 5.75. The van der Waals surface area contributed by atoms with Crippen molar-refractivity contribution in [1.82, 2.24) is 10.3 Å². The predicted molar refractivity (Wildman–Crippen MR) is 113 cm³/mol. The Morgan fingerprint density at radius 3 is 2.53 bits per heavy atom. The highest BCUT2D eigenvalue weighted by atomic mass is 32.2. The van der Waals surface area contributed by atoms with Crippen LogP contribution in [0.1, 0.15) is 35.3 Å². The second kappa shape index (κ2) is 11.3. The quantitative estimate of drug-likeness (QED) is 0.350. The molecule has 0 saturated heterocycles. The third-order valence-electron chi connectivity index (χ3n) is 4.30. The van der Waals surface area contributed by atoms with Crippen LogP contribution in [0.25, 0.3) is 0 Å². The zero-order valence-electron chi connectivity index (χ0n) is 17.0. The van der Waals surface area contributed by atoms with Gasteiger partial charge in [-0.25, -0.2) is 22.2 Å². The molecule has 0 radical (unpaired) electrons. The molecule has 0 aliphatic heterocycles. The Labute approximate surface area is 187 Å². The van der Waals surface area contributed by atoms with Crippen LogP contribution in [-0.2, 0) is 16.4 Å². The number of anilines is 1. The summed E-state index contributed by atoms with van der Waals surface area (Å²) in [5, 5.41) is 33.2. The number of nitriles is 1. The Hall–Kier alpha value is -2.66. The van der Waals surface area contributed by atoms with Gasteiger partial charge in [0.05, 0.1) is 24.5 Å². The molecule has 174 valence electrons. The van der Waals surface area contributed by atoms with Gasteiger partial charge >= 0.3 is 0 Å². The molecule has 0 spiro atoms. The summed E-state index contributed by atoms with van der Waals surface area (Å²) in [4.78, 5) is 16.5. The van der Waals surface area contributed by atoms with Gasteiger partial charge in [0.25, 0.3) is 5.91 Å². The molecule has 0 saturated carbocycles. The van der Waals surface area contributed by atoms with Crippen molar-refractivity contribution in [3.05, 3.63) is 46.5 Å². The van der Waals surface area contributed by atoms with E-state index >= 15 is 0 Å². The highest BCUT2D eigenvalue weighted by Gasteiger charge is 2.29. The fraction of sp³-hybridized carbons (Fsp3) is 0.421. The number of benzene rings is 1. The molecule has 1 aromatic carbocycles. The van der Waals surface area contributed by atoms with Crippen LogP contribution in [0, 0.1) is 23.0 Å². The van der Waals surface area contributed by atoms with E-state index in [1.807, 2.05) is 6.07 Å². The van der Waals surface area contributed by atoms with Gasteiger partial charge in [-0.3, -0.25) is 9.52 Å². The van der Waals surface area contributed by atoms with Gasteiger partial charge in [0.1, 0.15) is 23.4 Å². The van der Waals surface area contributed by atoms with Crippen molar-refractivity contribution in [3.8, 4) is 6.07 Å². The maximum absolute atomic E-state index is 13.6. The number of rotatable bonds is 11. The molecule has 3 unspecified atom stereocenters. The Morgan fingerprint density at radius 1 is 1.28 bits per heavy atom. The minimum Gasteiger partial charge on any atom is -0.390 e. The van der Waals surface area contributed by atoms with Crippen molar-refractivity contribution in [2.24, 2.45) is 0 Å². The van der Waals surface area contributed by atoms with E-state index in [9.17, 15) is 32.2 Å². The lowest BCUT2D eigenvalue weighted by atomic mass is 9.95. The predicted octanol–water partition coefficient (Wildman–Crippen LogP) is 1.55. The molecule has 0 fully saturated rings. The molecule has 1 amide bonds. The van der Waals surface area contributed by atoms with E-state index in [1.165, 1.54) is 5.38 Å². The molecule has 1 heterocycles. The lowest BCUT2D eigenvalue weighted by Crippen LogP contribution is -2.50. The number of aromatic nitrogens is 1. The highest BCUT2D eigenvalue weighted by Crippen LogP contribution is 2.19. The standard InChI is InChI=1S/C19H22F2N4O5S2/c1-32(29,30)25-19-24-15(10-31-19)18(28)23-14(17(27)16(26)4-2-3-5-22)8-11-6-12(20)9-13(21)7-11/h6-7,9-10,14,16-17,26-27H,2-4,8H2,1H3,(H,23,28)(H,24,25). The van der Waals surface area contributed by atoms with E-state index < -0.39 is 45.8 Å². The summed E-state index contributed by atoms with van der Waals surface area (Å²) in [5.41, 5.74) is -0.0171. The van der Waals surface area contributed by atoms with Crippen LogP contribution in [0.15, 0.2) is 23.6 Å². The number of halogens is 2. The van der Waals surface area contributed by atoms with Gasteiger partial charge in [-0.05, 0) is 37.0 Å².